The van der Waals surface area contributed by atoms with Crippen molar-refractivity contribution >= 4 is 17.7 Å². The average Bonchev–Trinajstić information content (AvgIpc) is 3.45. The Balaban J connectivity index is 1.62. The Hall–Kier alpha value is -1.82. The van der Waals surface area contributed by atoms with E-state index in [9.17, 15) is 4.79 Å². The van der Waals surface area contributed by atoms with Crippen LogP contribution in [0.2, 0.25) is 0 Å². The third kappa shape index (κ3) is 3.71. The Morgan fingerprint density at radius 2 is 1.89 bits per heavy atom. The van der Waals surface area contributed by atoms with E-state index in [2.05, 4.69) is 50.9 Å². The fourth-order valence-electron chi connectivity index (χ4n) is 4.92. The van der Waals surface area contributed by atoms with Crippen molar-refractivity contribution in [1.82, 2.24) is 19.7 Å². The maximum atomic E-state index is 13.8. The highest BCUT2D eigenvalue weighted by Crippen LogP contribution is 2.41. The molecule has 1 saturated heterocycles. The zero-order chi connectivity index (χ0) is 19.5. The molecule has 2 fully saturated rings. The molecule has 1 aliphatic carbocycles. The molecule has 2 atom stereocenters. The summed E-state index contributed by atoms with van der Waals surface area (Å²) in [4.78, 5) is 15.9. The van der Waals surface area contributed by atoms with Crippen LogP contribution in [0.3, 0.4) is 0 Å². The fourth-order valence-corrected chi connectivity index (χ4v) is 5.56. The Labute approximate surface area is 171 Å². The van der Waals surface area contributed by atoms with E-state index < -0.39 is 0 Å². The van der Waals surface area contributed by atoms with Crippen molar-refractivity contribution in [2.45, 2.75) is 62.6 Å². The summed E-state index contributed by atoms with van der Waals surface area (Å²) < 4.78 is 2.08. The van der Waals surface area contributed by atoms with Gasteiger partial charge in [-0.3, -0.25) is 4.79 Å². The Kier molecular flexibility index (Phi) is 6.04. The van der Waals surface area contributed by atoms with Gasteiger partial charge in [-0.15, -0.1) is 10.2 Å². The predicted octanol–water partition coefficient (Wildman–Crippen LogP) is 4.56. The topological polar surface area (TPSA) is 51.0 Å². The highest BCUT2D eigenvalue weighted by molar-refractivity contribution is 7.99. The number of aromatic nitrogens is 3. The zero-order valence-corrected chi connectivity index (χ0v) is 17.7. The molecule has 4 rings (SSSR count). The smallest absolute Gasteiger partial charge is 0.231 e. The zero-order valence-electron chi connectivity index (χ0n) is 16.9. The maximum Gasteiger partial charge on any atom is 0.231 e. The van der Waals surface area contributed by atoms with E-state index in [1.807, 2.05) is 13.1 Å². The first kappa shape index (κ1) is 19.5. The molecule has 1 aliphatic heterocycles. The van der Waals surface area contributed by atoms with E-state index in [1.54, 1.807) is 11.8 Å². The highest BCUT2D eigenvalue weighted by atomic mass is 32.2. The third-order valence-electron chi connectivity index (χ3n) is 6.27. The van der Waals surface area contributed by atoms with E-state index in [0.717, 1.165) is 49.0 Å². The molecule has 150 valence electrons. The Bertz CT molecular complexity index is 800. The van der Waals surface area contributed by atoms with Gasteiger partial charge < -0.3 is 9.47 Å². The van der Waals surface area contributed by atoms with Gasteiger partial charge in [-0.05, 0) is 42.9 Å². The number of amides is 1. The van der Waals surface area contributed by atoms with Crippen LogP contribution in [0, 0.1) is 5.92 Å². The monoisotopic (exact) mass is 398 g/mol. The maximum absolute atomic E-state index is 13.8. The second-order valence-corrected chi connectivity index (χ2v) is 9.19. The SMILES string of the molecule is CCSc1nnc([C@@H]2CCCN2C(=O)[C@H](c2ccccc2)C2CCCC2)n1C. The van der Waals surface area contributed by atoms with Gasteiger partial charge in [-0.25, -0.2) is 0 Å². The molecule has 1 saturated carbocycles. The summed E-state index contributed by atoms with van der Waals surface area (Å²) in [6.45, 7) is 2.94. The van der Waals surface area contributed by atoms with Gasteiger partial charge in [0.25, 0.3) is 0 Å². The molecule has 0 bridgehead atoms. The van der Waals surface area contributed by atoms with Gasteiger partial charge in [0, 0.05) is 13.6 Å². The third-order valence-corrected chi connectivity index (χ3v) is 7.17. The minimum Gasteiger partial charge on any atom is -0.332 e. The number of hydrogen-bond acceptors (Lipinski definition) is 4. The molecule has 0 spiro atoms. The van der Waals surface area contributed by atoms with Crippen LogP contribution in [0.25, 0.3) is 0 Å². The number of benzene rings is 1. The largest absolute Gasteiger partial charge is 0.332 e. The molecule has 0 N–H and O–H groups in total. The van der Waals surface area contributed by atoms with Crippen molar-refractivity contribution in [2.75, 3.05) is 12.3 Å². The fraction of sp³-hybridized carbons (Fsp3) is 0.591. The number of carbonyl (C=O) groups is 1. The molecular weight excluding hydrogens is 368 g/mol. The number of nitrogens with zero attached hydrogens (tertiary/aromatic N) is 4. The molecule has 5 nitrogen and oxygen atoms in total. The lowest BCUT2D eigenvalue weighted by atomic mass is 9.83. The van der Waals surface area contributed by atoms with Gasteiger partial charge in [0.2, 0.25) is 5.91 Å². The predicted molar refractivity (Wildman–Crippen MR) is 112 cm³/mol. The second kappa shape index (κ2) is 8.68. The van der Waals surface area contributed by atoms with Gasteiger partial charge in [-0.2, -0.15) is 0 Å². The number of hydrogen-bond donors (Lipinski definition) is 0. The molecule has 6 heteroatoms. The number of likely N-dealkylation sites (tertiary alicyclic amines) is 1. The average molecular weight is 399 g/mol. The number of carbonyl (C=O) groups excluding carboxylic acids is 1. The van der Waals surface area contributed by atoms with E-state index in [0.29, 0.717) is 5.92 Å². The van der Waals surface area contributed by atoms with Crippen LogP contribution in [-0.2, 0) is 11.8 Å². The van der Waals surface area contributed by atoms with Crippen LogP contribution in [0.5, 0.6) is 0 Å². The Morgan fingerprint density at radius 1 is 1.14 bits per heavy atom. The highest BCUT2D eigenvalue weighted by Gasteiger charge is 2.40. The quantitative estimate of drug-likeness (QED) is 0.669. The lowest BCUT2D eigenvalue weighted by Gasteiger charge is -2.31. The van der Waals surface area contributed by atoms with Gasteiger partial charge in [0.15, 0.2) is 11.0 Å². The van der Waals surface area contributed by atoms with Crippen molar-refractivity contribution in [3.05, 3.63) is 41.7 Å². The standard InChI is InChI=1S/C22H30N4OS/c1-3-28-22-24-23-20(25(22)2)18-14-9-15-26(18)21(27)19(17-12-7-8-13-17)16-10-5-4-6-11-16/h4-6,10-11,17-19H,3,7-9,12-15H2,1-2H3/t18-,19+/m0/s1. The summed E-state index contributed by atoms with van der Waals surface area (Å²) in [5.74, 6) is 2.62. The molecule has 1 aromatic carbocycles. The summed E-state index contributed by atoms with van der Waals surface area (Å²) in [7, 11) is 2.03. The van der Waals surface area contributed by atoms with Crippen LogP contribution in [0.15, 0.2) is 35.5 Å². The summed E-state index contributed by atoms with van der Waals surface area (Å²) in [5, 5.41) is 9.78. The number of thioether (sulfide) groups is 1. The van der Waals surface area contributed by atoms with Crippen molar-refractivity contribution in [3.63, 3.8) is 0 Å². The van der Waals surface area contributed by atoms with Crippen molar-refractivity contribution in [2.24, 2.45) is 13.0 Å². The molecular formula is C22H30N4OS. The van der Waals surface area contributed by atoms with Crippen LogP contribution < -0.4 is 0 Å². The van der Waals surface area contributed by atoms with E-state index in [4.69, 9.17) is 0 Å². The first-order valence-corrected chi connectivity index (χ1v) is 11.6. The van der Waals surface area contributed by atoms with Gasteiger partial charge in [0.05, 0.1) is 12.0 Å². The van der Waals surface area contributed by atoms with Crippen molar-refractivity contribution in [3.8, 4) is 0 Å². The molecule has 2 aliphatic rings. The molecule has 1 amide bonds. The van der Waals surface area contributed by atoms with E-state index >= 15 is 0 Å². The summed E-state index contributed by atoms with van der Waals surface area (Å²) in [5.41, 5.74) is 1.17. The van der Waals surface area contributed by atoms with Crippen molar-refractivity contribution < 1.29 is 4.79 Å². The van der Waals surface area contributed by atoms with Gasteiger partial charge in [0.1, 0.15) is 0 Å². The van der Waals surface area contributed by atoms with Crippen LogP contribution in [-0.4, -0.2) is 37.9 Å². The Morgan fingerprint density at radius 3 is 2.61 bits per heavy atom. The second-order valence-electron chi connectivity index (χ2n) is 7.96. The normalized spacial score (nSPS) is 21.4. The van der Waals surface area contributed by atoms with Crippen LogP contribution >= 0.6 is 11.8 Å². The molecule has 0 unspecified atom stereocenters. The van der Waals surface area contributed by atoms with Crippen LogP contribution in [0.1, 0.15) is 68.8 Å². The van der Waals surface area contributed by atoms with E-state index in [1.165, 1.54) is 18.4 Å². The molecule has 2 heterocycles. The van der Waals surface area contributed by atoms with Gasteiger partial charge >= 0.3 is 0 Å². The molecule has 1 aromatic heterocycles. The first-order valence-electron chi connectivity index (χ1n) is 10.6. The molecule has 0 radical (unpaired) electrons. The molecule has 28 heavy (non-hydrogen) atoms. The number of rotatable bonds is 6. The minimum absolute atomic E-state index is 0.0259. The lowest BCUT2D eigenvalue weighted by molar-refractivity contribution is -0.135. The summed E-state index contributed by atoms with van der Waals surface area (Å²) >= 11 is 1.70. The van der Waals surface area contributed by atoms with Crippen LogP contribution in [0.4, 0.5) is 0 Å². The summed E-state index contributed by atoms with van der Waals surface area (Å²) in [6, 6.07) is 10.5. The molecule has 2 aromatic rings. The minimum atomic E-state index is -0.0259. The first-order chi connectivity index (χ1) is 13.7. The summed E-state index contributed by atoms with van der Waals surface area (Å²) in [6.07, 6.45) is 6.81. The van der Waals surface area contributed by atoms with Gasteiger partial charge in [-0.1, -0.05) is 61.9 Å². The van der Waals surface area contributed by atoms with Crippen molar-refractivity contribution in [1.29, 1.82) is 0 Å². The van der Waals surface area contributed by atoms with E-state index in [-0.39, 0.29) is 17.9 Å². The lowest BCUT2D eigenvalue weighted by Crippen LogP contribution is -2.38.